The largest absolute Gasteiger partial charge is 0.494 e. The van der Waals surface area contributed by atoms with Crippen LogP contribution in [0.4, 0.5) is 4.39 Å². The van der Waals surface area contributed by atoms with Crippen molar-refractivity contribution in [2.45, 2.75) is 26.3 Å². The number of halogens is 2. The van der Waals surface area contributed by atoms with Gasteiger partial charge in [-0.1, -0.05) is 13.0 Å². The van der Waals surface area contributed by atoms with Crippen molar-refractivity contribution in [1.29, 1.82) is 0 Å². The zero-order valence-electron chi connectivity index (χ0n) is 13.4. The summed E-state index contributed by atoms with van der Waals surface area (Å²) >= 11 is 0. The minimum Gasteiger partial charge on any atom is -0.494 e. The van der Waals surface area contributed by atoms with Gasteiger partial charge in [0, 0.05) is 26.7 Å². The van der Waals surface area contributed by atoms with E-state index >= 15 is 0 Å². The Kier molecular flexibility index (Phi) is 7.92. The molecule has 4 nitrogen and oxygen atoms in total. The molecule has 1 fully saturated rings. The van der Waals surface area contributed by atoms with Crippen molar-refractivity contribution in [3.63, 3.8) is 0 Å². The number of guanidine groups is 1. The third-order valence-electron chi connectivity index (χ3n) is 3.84. The summed E-state index contributed by atoms with van der Waals surface area (Å²) in [4.78, 5) is 6.60. The quantitative estimate of drug-likeness (QED) is 0.463. The first kappa shape index (κ1) is 19.0. The topological polar surface area (TPSA) is 36.9 Å². The van der Waals surface area contributed by atoms with Crippen LogP contribution in [0.25, 0.3) is 0 Å². The van der Waals surface area contributed by atoms with E-state index in [0.717, 1.165) is 24.6 Å². The predicted molar refractivity (Wildman–Crippen MR) is 98.5 cm³/mol. The highest BCUT2D eigenvalue weighted by molar-refractivity contribution is 14.0. The second kappa shape index (κ2) is 9.17. The van der Waals surface area contributed by atoms with Gasteiger partial charge in [0.15, 0.2) is 17.5 Å². The molecule has 1 aromatic carbocycles. The molecule has 0 aromatic heterocycles. The Labute approximate surface area is 149 Å². The number of methoxy groups -OCH3 is 1. The molecule has 0 radical (unpaired) electrons. The van der Waals surface area contributed by atoms with Crippen LogP contribution in [0.2, 0.25) is 0 Å². The second-order valence-corrected chi connectivity index (χ2v) is 5.56. The van der Waals surface area contributed by atoms with Gasteiger partial charge < -0.3 is 15.0 Å². The molecule has 1 aliphatic rings. The maximum atomic E-state index is 13.7. The first-order valence-corrected chi connectivity index (χ1v) is 7.42. The van der Waals surface area contributed by atoms with E-state index in [2.05, 4.69) is 22.1 Å². The molecule has 0 spiro atoms. The SMILES string of the molecule is CN=C(NCc1ccc(OC)c(F)c1)N1CCCC(C)C1.I. The van der Waals surface area contributed by atoms with Crippen LogP contribution < -0.4 is 10.1 Å². The predicted octanol–water partition coefficient (Wildman–Crippen LogP) is 3.26. The van der Waals surface area contributed by atoms with E-state index in [1.54, 1.807) is 13.1 Å². The highest BCUT2D eigenvalue weighted by Crippen LogP contribution is 2.18. The zero-order chi connectivity index (χ0) is 15.2. The maximum absolute atomic E-state index is 13.7. The summed E-state index contributed by atoms with van der Waals surface area (Å²) in [6.07, 6.45) is 2.47. The van der Waals surface area contributed by atoms with Gasteiger partial charge in [-0.2, -0.15) is 0 Å². The molecule has 1 aliphatic heterocycles. The fraction of sp³-hybridized carbons (Fsp3) is 0.562. The van der Waals surface area contributed by atoms with E-state index in [-0.39, 0.29) is 35.5 Å². The molecule has 22 heavy (non-hydrogen) atoms. The number of hydrogen-bond donors (Lipinski definition) is 1. The van der Waals surface area contributed by atoms with Crippen molar-refractivity contribution in [1.82, 2.24) is 10.2 Å². The Morgan fingerprint density at radius 2 is 2.27 bits per heavy atom. The van der Waals surface area contributed by atoms with Crippen LogP contribution in [0.15, 0.2) is 23.2 Å². The highest BCUT2D eigenvalue weighted by Gasteiger charge is 2.19. The van der Waals surface area contributed by atoms with E-state index in [1.807, 2.05) is 6.07 Å². The lowest BCUT2D eigenvalue weighted by atomic mass is 10.0. The second-order valence-electron chi connectivity index (χ2n) is 5.56. The maximum Gasteiger partial charge on any atom is 0.193 e. The Morgan fingerprint density at radius 1 is 1.50 bits per heavy atom. The zero-order valence-corrected chi connectivity index (χ0v) is 15.8. The Balaban J connectivity index is 0.00000242. The first-order chi connectivity index (χ1) is 10.1. The molecule has 0 amide bonds. The summed E-state index contributed by atoms with van der Waals surface area (Å²) in [5.41, 5.74) is 0.875. The molecule has 1 aromatic rings. The minimum atomic E-state index is -0.335. The third-order valence-corrected chi connectivity index (χ3v) is 3.84. The lowest BCUT2D eigenvalue weighted by Crippen LogP contribution is -2.45. The van der Waals surface area contributed by atoms with Crippen LogP contribution >= 0.6 is 24.0 Å². The summed E-state index contributed by atoms with van der Waals surface area (Å²) in [5.74, 6) is 1.51. The fourth-order valence-corrected chi connectivity index (χ4v) is 2.72. The Hall–Kier alpha value is -1.05. The minimum absolute atomic E-state index is 0. The molecule has 0 bridgehead atoms. The molecule has 1 saturated heterocycles. The van der Waals surface area contributed by atoms with Crippen molar-refractivity contribution < 1.29 is 9.13 Å². The first-order valence-electron chi connectivity index (χ1n) is 7.42. The van der Waals surface area contributed by atoms with Crippen LogP contribution in [0, 0.1) is 11.7 Å². The number of piperidine rings is 1. The van der Waals surface area contributed by atoms with Crippen molar-refractivity contribution in [3.05, 3.63) is 29.6 Å². The van der Waals surface area contributed by atoms with E-state index in [4.69, 9.17) is 4.74 Å². The van der Waals surface area contributed by atoms with Crippen LogP contribution in [0.5, 0.6) is 5.75 Å². The number of benzene rings is 1. The van der Waals surface area contributed by atoms with Crippen LogP contribution in [0.1, 0.15) is 25.3 Å². The number of aliphatic imine (C=N–C) groups is 1. The van der Waals surface area contributed by atoms with Gasteiger partial charge in [-0.25, -0.2) is 4.39 Å². The number of rotatable bonds is 3. The molecular formula is C16H25FIN3O. The van der Waals surface area contributed by atoms with Gasteiger partial charge in [-0.3, -0.25) is 4.99 Å². The van der Waals surface area contributed by atoms with Crippen LogP contribution in [-0.2, 0) is 6.54 Å². The molecule has 1 atom stereocenters. The summed E-state index contributed by atoms with van der Waals surface area (Å²) in [6, 6.07) is 5.01. The summed E-state index contributed by atoms with van der Waals surface area (Å²) < 4.78 is 18.6. The number of nitrogens with zero attached hydrogens (tertiary/aromatic N) is 2. The van der Waals surface area contributed by atoms with Crippen LogP contribution in [-0.4, -0.2) is 38.1 Å². The summed E-state index contributed by atoms with van der Waals surface area (Å²) in [5, 5.41) is 3.31. The molecular weight excluding hydrogens is 396 g/mol. The Bertz CT molecular complexity index is 510. The number of ether oxygens (including phenoxy) is 1. The van der Waals surface area contributed by atoms with Gasteiger partial charge in [0.1, 0.15) is 0 Å². The van der Waals surface area contributed by atoms with E-state index in [0.29, 0.717) is 12.5 Å². The van der Waals surface area contributed by atoms with Crippen molar-refractivity contribution in [3.8, 4) is 5.75 Å². The summed E-state index contributed by atoms with van der Waals surface area (Å²) in [7, 11) is 3.26. The number of nitrogens with one attached hydrogen (secondary N) is 1. The number of hydrogen-bond acceptors (Lipinski definition) is 2. The van der Waals surface area contributed by atoms with E-state index < -0.39 is 0 Å². The van der Waals surface area contributed by atoms with Crippen molar-refractivity contribution in [2.24, 2.45) is 10.9 Å². The molecule has 1 heterocycles. The molecule has 2 rings (SSSR count). The van der Waals surface area contributed by atoms with Gasteiger partial charge in [0.2, 0.25) is 0 Å². The van der Waals surface area contributed by atoms with E-state index in [1.165, 1.54) is 26.0 Å². The van der Waals surface area contributed by atoms with Gasteiger partial charge in [0.05, 0.1) is 7.11 Å². The van der Waals surface area contributed by atoms with Crippen LogP contribution in [0.3, 0.4) is 0 Å². The fourth-order valence-electron chi connectivity index (χ4n) is 2.72. The van der Waals surface area contributed by atoms with E-state index in [9.17, 15) is 4.39 Å². The van der Waals surface area contributed by atoms with Gasteiger partial charge >= 0.3 is 0 Å². The molecule has 6 heteroatoms. The van der Waals surface area contributed by atoms with Crippen molar-refractivity contribution >= 4 is 29.9 Å². The average Bonchev–Trinajstić information content (AvgIpc) is 2.48. The highest BCUT2D eigenvalue weighted by atomic mass is 127. The van der Waals surface area contributed by atoms with Gasteiger partial charge in [0.25, 0.3) is 0 Å². The smallest absolute Gasteiger partial charge is 0.193 e. The molecule has 124 valence electrons. The molecule has 1 N–H and O–H groups in total. The standard InChI is InChI=1S/C16H24FN3O.HI/c1-12-5-4-8-20(11-12)16(18-2)19-10-13-6-7-15(21-3)14(17)9-13;/h6-7,9,12H,4-5,8,10-11H2,1-3H3,(H,18,19);1H. The third kappa shape index (κ3) is 5.00. The molecule has 1 unspecified atom stereocenters. The van der Waals surface area contributed by atoms with Crippen molar-refractivity contribution in [2.75, 3.05) is 27.2 Å². The monoisotopic (exact) mass is 421 g/mol. The lowest BCUT2D eigenvalue weighted by molar-refractivity contribution is 0.266. The average molecular weight is 421 g/mol. The lowest BCUT2D eigenvalue weighted by Gasteiger charge is -2.33. The van der Waals surface area contributed by atoms with Gasteiger partial charge in [-0.05, 0) is 36.5 Å². The Morgan fingerprint density at radius 3 is 2.86 bits per heavy atom. The molecule has 0 aliphatic carbocycles. The van der Waals surface area contributed by atoms with Gasteiger partial charge in [-0.15, -0.1) is 24.0 Å². The molecule has 0 saturated carbocycles. The normalized spacial score (nSPS) is 18.6. The number of likely N-dealkylation sites (tertiary alicyclic amines) is 1. The summed E-state index contributed by atoms with van der Waals surface area (Å²) in [6.45, 7) is 4.87.